The first-order valence-corrected chi connectivity index (χ1v) is 4.39. The van der Waals surface area contributed by atoms with Gasteiger partial charge in [-0.15, -0.1) is 0 Å². The molecule has 0 spiro atoms. The second-order valence-electron chi connectivity index (χ2n) is 3.36. The maximum Gasteiger partial charge on any atom is 0.170 e. The average molecular weight is 191 g/mol. The molecule has 1 aromatic carbocycles. The van der Waals surface area contributed by atoms with Crippen LogP contribution in [0.15, 0.2) is 18.2 Å². The third kappa shape index (κ3) is 2.11. The lowest BCUT2D eigenvalue weighted by Gasteiger charge is -2.13. The van der Waals surface area contributed by atoms with E-state index in [2.05, 4.69) is 0 Å². The van der Waals surface area contributed by atoms with Gasteiger partial charge in [0, 0.05) is 0 Å². The van der Waals surface area contributed by atoms with Crippen molar-refractivity contribution < 1.29 is 10.2 Å². The Bertz CT molecular complexity index is 368. The number of nitrogens with zero attached hydrogens (tertiary/aromatic N) is 1. The van der Waals surface area contributed by atoms with Gasteiger partial charge in [0.05, 0.1) is 6.07 Å². The normalized spacial score (nSPS) is 14.5. The molecule has 0 saturated carbocycles. The number of hydrogen-bond donors (Lipinski definition) is 2. The molecule has 14 heavy (non-hydrogen) atoms. The largest absolute Gasteiger partial charge is 0.385 e. The summed E-state index contributed by atoms with van der Waals surface area (Å²) in [5, 5.41) is 27.1. The lowest BCUT2D eigenvalue weighted by atomic mass is 10.0. The second kappa shape index (κ2) is 4.23. The molecule has 0 heterocycles. The van der Waals surface area contributed by atoms with Crippen LogP contribution in [0.4, 0.5) is 0 Å². The van der Waals surface area contributed by atoms with Gasteiger partial charge < -0.3 is 10.2 Å². The Morgan fingerprint density at radius 2 is 1.86 bits per heavy atom. The predicted molar refractivity (Wildman–Crippen MR) is 52.5 cm³/mol. The topological polar surface area (TPSA) is 64.2 Å². The molecule has 1 aromatic rings. The van der Waals surface area contributed by atoms with E-state index in [1.165, 1.54) is 0 Å². The first-order valence-electron chi connectivity index (χ1n) is 4.39. The standard InChI is InChI=1S/C11H13NO2/c1-7-3-4-9(5-8(7)2)11(14)10(13)6-12/h3-5,10-11,13-14H,1-2H3. The molecule has 2 unspecified atom stereocenters. The van der Waals surface area contributed by atoms with E-state index < -0.39 is 12.2 Å². The van der Waals surface area contributed by atoms with Crippen LogP contribution in [-0.2, 0) is 0 Å². The number of aryl methyl sites for hydroxylation is 2. The minimum absolute atomic E-state index is 0.571. The van der Waals surface area contributed by atoms with Crippen molar-refractivity contribution in [2.75, 3.05) is 0 Å². The SMILES string of the molecule is Cc1ccc(C(O)C(O)C#N)cc1C. The van der Waals surface area contributed by atoms with Gasteiger partial charge in [0.2, 0.25) is 0 Å². The van der Waals surface area contributed by atoms with Crippen molar-refractivity contribution in [3.8, 4) is 6.07 Å². The Balaban J connectivity index is 2.98. The molecular weight excluding hydrogens is 178 g/mol. The Morgan fingerprint density at radius 3 is 2.36 bits per heavy atom. The summed E-state index contributed by atoms with van der Waals surface area (Å²) < 4.78 is 0. The van der Waals surface area contributed by atoms with Crippen LogP contribution in [0, 0.1) is 25.2 Å². The Labute approximate surface area is 83.2 Å². The molecule has 0 aliphatic carbocycles. The van der Waals surface area contributed by atoms with E-state index in [4.69, 9.17) is 10.4 Å². The van der Waals surface area contributed by atoms with Gasteiger partial charge in [0.1, 0.15) is 6.10 Å². The van der Waals surface area contributed by atoms with Crippen LogP contribution in [-0.4, -0.2) is 16.3 Å². The lowest BCUT2D eigenvalue weighted by Crippen LogP contribution is -2.15. The summed E-state index contributed by atoms with van der Waals surface area (Å²) in [7, 11) is 0. The summed E-state index contributed by atoms with van der Waals surface area (Å²) in [6.07, 6.45) is -2.49. The van der Waals surface area contributed by atoms with Crippen molar-refractivity contribution in [2.45, 2.75) is 26.1 Å². The highest BCUT2D eigenvalue weighted by molar-refractivity contribution is 5.32. The molecule has 0 radical (unpaired) electrons. The first kappa shape index (κ1) is 10.7. The molecule has 3 heteroatoms. The van der Waals surface area contributed by atoms with E-state index in [1.807, 2.05) is 19.9 Å². The predicted octanol–water partition coefficient (Wildman–Crippen LogP) is 1.22. The van der Waals surface area contributed by atoms with Gasteiger partial charge in [-0.25, -0.2) is 0 Å². The zero-order chi connectivity index (χ0) is 10.7. The summed E-state index contributed by atoms with van der Waals surface area (Å²) in [4.78, 5) is 0. The summed E-state index contributed by atoms with van der Waals surface area (Å²) in [5.74, 6) is 0. The van der Waals surface area contributed by atoms with Crippen LogP contribution in [0.3, 0.4) is 0 Å². The number of hydrogen-bond acceptors (Lipinski definition) is 3. The fourth-order valence-electron chi connectivity index (χ4n) is 1.20. The van der Waals surface area contributed by atoms with Gasteiger partial charge in [-0.2, -0.15) is 5.26 Å². The van der Waals surface area contributed by atoms with Gasteiger partial charge in [0.15, 0.2) is 6.10 Å². The molecule has 3 nitrogen and oxygen atoms in total. The van der Waals surface area contributed by atoms with Crippen LogP contribution >= 0.6 is 0 Å². The number of benzene rings is 1. The van der Waals surface area contributed by atoms with E-state index in [9.17, 15) is 5.11 Å². The molecule has 0 bridgehead atoms. The highest BCUT2D eigenvalue weighted by Crippen LogP contribution is 2.19. The Hall–Kier alpha value is -1.37. The summed E-state index contributed by atoms with van der Waals surface area (Å²) >= 11 is 0. The quantitative estimate of drug-likeness (QED) is 0.691. The molecule has 0 amide bonds. The Morgan fingerprint density at radius 1 is 1.21 bits per heavy atom. The molecule has 0 aliphatic rings. The van der Waals surface area contributed by atoms with Crippen LogP contribution < -0.4 is 0 Å². The Kier molecular flexibility index (Phi) is 3.23. The van der Waals surface area contributed by atoms with Crippen LogP contribution in [0.1, 0.15) is 22.8 Å². The average Bonchev–Trinajstić information content (AvgIpc) is 2.20. The molecule has 2 N–H and O–H groups in total. The van der Waals surface area contributed by atoms with Gasteiger partial charge >= 0.3 is 0 Å². The van der Waals surface area contributed by atoms with Crippen molar-refractivity contribution in [3.05, 3.63) is 34.9 Å². The van der Waals surface area contributed by atoms with Crippen LogP contribution in [0.5, 0.6) is 0 Å². The molecule has 2 atom stereocenters. The molecule has 74 valence electrons. The zero-order valence-corrected chi connectivity index (χ0v) is 8.23. The zero-order valence-electron chi connectivity index (χ0n) is 8.23. The van der Waals surface area contributed by atoms with E-state index in [0.29, 0.717) is 5.56 Å². The summed E-state index contributed by atoms with van der Waals surface area (Å²) in [5.41, 5.74) is 2.72. The number of aliphatic hydroxyl groups excluding tert-OH is 2. The molecule has 0 aliphatic heterocycles. The van der Waals surface area contributed by atoms with Crippen molar-refractivity contribution >= 4 is 0 Å². The van der Waals surface area contributed by atoms with E-state index in [0.717, 1.165) is 11.1 Å². The van der Waals surface area contributed by atoms with Crippen LogP contribution in [0.2, 0.25) is 0 Å². The first-order chi connectivity index (χ1) is 6.56. The van der Waals surface area contributed by atoms with Crippen molar-refractivity contribution in [3.63, 3.8) is 0 Å². The molecular formula is C11H13NO2. The monoisotopic (exact) mass is 191 g/mol. The molecule has 0 fully saturated rings. The second-order valence-corrected chi connectivity index (χ2v) is 3.36. The van der Waals surface area contributed by atoms with Gasteiger partial charge in [-0.3, -0.25) is 0 Å². The van der Waals surface area contributed by atoms with Gasteiger partial charge in [0.25, 0.3) is 0 Å². The third-order valence-corrected chi connectivity index (χ3v) is 2.30. The summed E-state index contributed by atoms with van der Waals surface area (Å²) in [6, 6.07) is 6.96. The highest BCUT2D eigenvalue weighted by Gasteiger charge is 2.17. The number of nitriles is 1. The molecule has 1 rings (SSSR count). The minimum Gasteiger partial charge on any atom is -0.385 e. The fraction of sp³-hybridized carbons (Fsp3) is 0.364. The smallest absolute Gasteiger partial charge is 0.170 e. The third-order valence-electron chi connectivity index (χ3n) is 2.30. The van der Waals surface area contributed by atoms with Crippen molar-refractivity contribution in [1.82, 2.24) is 0 Å². The molecule has 0 aromatic heterocycles. The maximum absolute atomic E-state index is 9.53. The van der Waals surface area contributed by atoms with Crippen molar-refractivity contribution in [1.29, 1.82) is 5.26 Å². The van der Waals surface area contributed by atoms with Crippen LogP contribution in [0.25, 0.3) is 0 Å². The summed E-state index contributed by atoms with van der Waals surface area (Å²) in [6.45, 7) is 3.89. The number of aliphatic hydroxyl groups is 2. The maximum atomic E-state index is 9.53. The van der Waals surface area contributed by atoms with E-state index >= 15 is 0 Å². The number of rotatable bonds is 2. The lowest BCUT2D eigenvalue weighted by molar-refractivity contribution is 0.0527. The van der Waals surface area contributed by atoms with E-state index in [1.54, 1.807) is 18.2 Å². The van der Waals surface area contributed by atoms with Crippen molar-refractivity contribution in [2.24, 2.45) is 0 Å². The van der Waals surface area contributed by atoms with Gasteiger partial charge in [-0.1, -0.05) is 18.2 Å². The van der Waals surface area contributed by atoms with E-state index in [-0.39, 0.29) is 0 Å². The minimum atomic E-state index is -1.36. The molecule has 0 saturated heterocycles. The fourth-order valence-corrected chi connectivity index (χ4v) is 1.20. The highest BCUT2D eigenvalue weighted by atomic mass is 16.3. The van der Waals surface area contributed by atoms with Gasteiger partial charge in [-0.05, 0) is 30.5 Å².